The second-order valence-corrected chi connectivity index (χ2v) is 6.44. The molecule has 1 amide bonds. The quantitative estimate of drug-likeness (QED) is 0.733. The van der Waals surface area contributed by atoms with Crippen molar-refractivity contribution in [3.8, 4) is 5.75 Å². The molecule has 8 heteroatoms. The fraction of sp³-hybridized carbons (Fsp3) is 0.588. The summed E-state index contributed by atoms with van der Waals surface area (Å²) in [6.07, 6.45) is 0.0186. The zero-order valence-corrected chi connectivity index (χ0v) is 14.5. The van der Waals surface area contributed by atoms with Gasteiger partial charge in [0.2, 0.25) is 5.91 Å². The van der Waals surface area contributed by atoms with Gasteiger partial charge in [0, 0.05) is 18.8 Å². The van der Waals surface area contributed by atoms with E-state index in [4.69, 9.17) is 4.74 Å². The molecule has 1 aromatic rings. The first-order valence-electron chi connectivity index (χ1n) is 8.37. The highest BCUT2D eigenvalue weighted by Gasteiger charge is 2.26. The molecule has 1 fully saturated rings. The number of carbonyl (C=O) groups is 1. The molecule has 140 valence electrons. The Bertz CT molecular complexity index is 578. The minimum atomic E-state index is -0.742. The molecule has 2 rings (SSSR count). The number of hydrogen-bond acceptors (Lipinski definition) is 5. The van der Waals surface area contributed by atoms with Gasteiger partial charge in [-0.2, -0.15) is 0 Å². The molecule has 0 spiro atoms. The van der Waals surface area contributed by atoms with Crippen LogP contribution in [0.15, 0.2) is 18.2 Å². The molecule has 0 aliphatic carbocycles. The van der Waals surface area contributed by atoms with Crippen molar-refractivity contribution in [2.75, 3.05) is 31.6 Å². The number of likely N-dealkylation sites (tertiary alicyclic amines) is 1. The van der Waals surface area contributed by atoms with Crippen LogP contribution < -0.4 is 10.1 Å². The number of aliphatic hydroxyl groups is 1. The lowest BCUT2D eigenvalue weighted by atomic mass is 10.1. The molecule has 1 atom stereocenters. The second-order valence-electron chi connectivity index (χ2n) is 6.44. The monoisotopic (exact) mass is 357 g/mol. The van der Waals surface area contributed by atoms with Gasteiger partial charge in [-0.15, -0.1) is 8.96 Å². The molecule has 1 unspecified atom stereocenters. The Hall–Kier alpha value is -1.77. The van der Waals surface area contributed by atoms with Crippen LogP contribution in [0, 0.1) is 6.92 Å². The third-order valence-electron chi connectivity index (χ3n) is 4.18. The molecular weight excluding hydrogens is 332 g/mol. The van der Waals surface area contributed by atoms with Crippen LogP contribution in [-0.4, -0.2) is 59.6 Å². The average Bonchev–Trinajstić information content (AvgIpc) is 2.55. The highest BCUT2D eigenvalue weighted by molar-refractivity contribution is 5.90. The number of anilines is 1. The number of halogens is 2. The van der Waals surface area contributed by atoms with Gasteiger partial charge in [-0.1, -0.05) is 6.07 Å². The Kier molecular flexibility index (Phi) is 7.10. The molecule has 0 saturated carbocycles. The van der Waals surface area contributed by atoms with E-state index in [1.54, 1.807) is 12.1 Å². The molecule has 0 aromatic heterocycles. The van der Waals surface area contributed by atoms with E-state index < -0.39 is 17.5 Å². The number of rotatable bonds is 7. The van der Waals surface area contributed by atoms with Gasteiger partial charge in [-0.25, -0.2) is 0 Å². The number of ether oxygens (including phenoxy) is 1. The highest BCUT2D eigenvalue weighted by atomic mass is 19.4. The summed E-state index contributed by atoms with van der Waals surface area (Å²) in [5.41, 5.74) is 1.53. The van der Waals surface area contributed by atoms with Gasteiger partial charge in [0.25, 0.3) is 0 Å². The van der Waals surface area contributed by atoms with E-state index in [0.29, 0.717) is 43.9 Å². The summed E-state index contributed by atoms with van der Waals surface area (Å²) in [6.45, 7) is 4.80. The number of aliphatic hydroxyl groups excluding tert-OH is 1. The maximum absolute atomic E-state index is 12.5. The van der Waals surface area contributed by atoms with Crippen molar-refractivity contribution in [3.63, 3.8) is 0 Å². The van der Waals surface area contributed by atoms with E-state index in [9.17, 15) is 18.9 Å². The summed E-state index contributed by atoms with van der Waals surface area (Å²) in [7, 11) is 0. The number of β-amino-alcohol motifs (C(OH)–C–C–N with tert-alkyl or cyclic N) is 1. The van der Waals surface area contributed by atoms with Crippen molar-refractivity contribution >= 4 is 11.6 Å². The Morgan fingerprint density at radius 3 is 2.72 bits per heavy atom. The minimum absolute atomic E-state index is 0.0638. The number of hydrogen-bond donors (Lipinski definition) is 2. The Morgan fingerprint density at radius 2 is 2.12 bits per heavy atom. The van der Waals surface area contributed by atoms with Crippen LogP contribution in [0.2, 0.25) is 0 Å². The van der Waals surface area contributed by atoms with Crippen LogP contribution in [0.1, 0.15) is 25.3 Å². The maximum atomic E-state index is 12.5. The van der Waals surface area contributed by atoms with Crippen LogP contribution in [-0.2, 0) is 4.79 Å². The summed E-state index contributed by atoms with van der Waals surface area (Å²) in [5, 5.41) is 12.1. The SMILES string of the molecule is CC(=O)Nc1ccc(C)cc1OCC(O)CN1CCC(N(F)F)CC1. The smallest absolute Gasteiger partial charge is 0.221 e. The molecule has 1 aliphatic rings. The van der Waals surface area contributed by atoms with Crippen molar-refractivity contribution < 1.29 is 23.6 Å². The van der Waals surface area contributed by atoms with Crippen LogP contribution in [0.4, 0.5) is 14.6 Å². The van der Waals surface area contributed by atoms with Gasteiger partial charge < -0.3 is 20.1 Å². The normalized spacial score (nSPS) is 17.5. The Balaban J connectivity index is 1.83. The van der Waals surface area contributed by atoms with Gasteiger partial charge in [-0.05, 0) is 50.6 Å². The van der Waals surface area contributed by atoms with Gasteiger partial charge >= 0.3 is 0 Å². The molecule has 25 heavy (non-hydrogen) atoms. The molecule has 0 bridgehead atoms. The first-order valence-corrected chi connectivity index (χ1v) is 8.37. The van der Waals surface area contributed by atoms with Crippen LogP contribution >= 0.6 is 0 Å². The average molecular weight is 357 g/mol. The molecule has 1 heterocycles. The molecular formula is C17H25F2N3O3. The molecule has 0 radical (unpaired) electrons. The van der Waals surface area contributed by atoms with Crippen LogP contribution in [0.3, 0.4) is 0 Å². The van der Waals surface area contributed by atoms with Gasteiger partial charge in [0.1, 0.15) is 18.5 Å². The summed E-state index contributed by atoms with van der Waals surface area (Å²) < 4.78 is 30.7. The summed E-state index contributed by atoms with van der Waals surface area (Å²) in [6, 6.07) is 4.71. The standard InChI is InChI=1S/C17H25F2N3O3/c1-12-3-4-16(20-13(2)23)17(9-12)25-11-15(24)10-21-7-5-14(6-8-21)22(18)19/h3-4,9,14-15,24H,5-8,10-11H2,1-2H3,(H,20,23). The summed E-state index contributed by atoms with van der Waals surface area (Å²) in [4.78, 5) is 13.2. The van der Waals surface area contributed by atoms with Crippen LogP contribution in [0.5, 0.6) is 5.75 Å². The number of aryl methyl sites for hydroxylation is 1. The lowest BCUT2D eigenvalue weighted by molar-refractivity contribution is -0.197. The van der Waals surface area contributed by atoms with Gasteiger partial charge in [0.15, 0.2) is 0 Å². The van der Waals surface area contributed by atoms with Crippen molar-refractivity contribution in [1.82, 2.24) is 10.2 Å². The van der Waals surface area contributed by atoms with Crippen molar-refractivity contribution in [3.05, 3.63) is 23.8 Å². The summed E-state index contributed by atoms with van der Waals surface area (Å²) in [5.74, 6) is 0.297. The number of nitrogens with zero attached hydrogens (tertiary/aromatic N) is 2. The van der Waals surface area contributed by atoms with E-state index in [1.807, 2.05) is 17.9 Å². The van der Waals surface area contributed by atoms with Gasteiger partial charge in [-0.3, -0.25) is 4.79 Å². The molecule has 1 saturated heterocycles. The minimum Gasteiger partial charge on any atom is -0.489 e. The Labute approximate surface area is 146 Å². The summed E-state index contributed by atoms with van der Waals surface area (Å²) >= 11 is 0. The van der Waals surface area contributed by atoms with E-state index in [0.717, 1.165) is 5.56 Å². The lowest BCUT2D eigenvalue weighted by Crippen LogP contribution is -2.44. The fourth-order valence-corrected chi connectivity index (χ4v) is 2.88. The number of benzene rings is 1. The first kappa shape index (κ1) is 19.6. The number of carbonyl (C=O) groups excluding carboxylic acids is 1. The maximum Gasteiger partial charge on any atom is 0.221 e. The van der Waals surface area contributed by atoms with Gasteiger partial charge in [0.05, 0.1) is 11.7 Å². The number of piperidine rings is 1. The molecule has 1 aliphatic heterocycles. The van der Waals surface area contributed by atoms with Crippen LogP contribution in [0.25, 0.3) is 0 Å². The third-order valence-corrected chi connectivity index (χ3v) is 4.18. The fourth-order valence-electron chi connectivity index (χ4n) is 2.88. The zero-order chi connectivity index (χ0) is 18.4. The highest BCUT2D eigenvalue weighted by Crippen LogP contribution is 2.26. The molecule has 2 N–H and O–H groups in total. The second kappa shape index (κ2) is 9.07. The molecule has 1 aromatic carbocycles. The van der Waals surface area contributed by atoms with E-state index >= 15 is 0 Å². The van der Waals surface area contributed by atoms with Crippen molar-refractivity contribution in [2.45, 2.75) is 38.8 Å². The zero-order valence-electron chi connectivity index (χ0n) is 14.5. The van der Waals surface area contributed by atoms with E-state index in [-0.39, 0.29) is 12.5 Å². The first-order chi connectivity index (χ1) is 11.8. The predicted octanol–water partition coefficient (Wildman–Crippen LogP) is 2.23. The number of nitrogens with one attached hydrogen (secondary N) is 1. The Morgan fingerprint density at radius 1 is 1.44 bits per heavy atom. The largest absolute Gasteiger partial charge is 0.489 e. The third kappa shape index (κ3) is 6.22. The predicted molar refractivity (Wildman–Crippen MR) is 90.5 cm³/mol. The molecule has 6 nitrogen and oxygen atoms in total. The van der Waals surface area contributed by atoms with E-state index in [2.05, 4.69) is 5.32 Å². The number of amides is 1. The van der Waals surface area contributed by atoms with E-state index in [1.165, 1.54) is 6.92 Å². The van der Waals surface area contributed by atoms with Crippen molar-refractivity contribution in [1.29, 1.82) is 0 Å². The lowest BCUT2D eigenvalue weighted by Gasteiger charge is -2.32. The van der Waals surface area contributed by atoms with Crippen molar-refractivity contribution in [2.24, 2.45) is 0 Å². The topological polar surface area (TPSA) is 65.0 Å².